The van der Waals surface area contributed by atoms with Gasteiger partial charge in [-0.25, -0.2) is 4.98 Å². The number of hydrogen-bond donors (Lipinski definition) is 2. The van der Waals surface area contributed by atoms with Gasteiger partial charge in [0.05, 0.1) is 0 Å². The van der Waals surface area contributed by atoms with E-state index in [0.717, 1.165) is 13.0 Å². The predicted octanol–water partition coefficient (Wildman–Crippen LogP) is 1.52. The quantitative estimate of drug-likeness (QED) is 0.804. The molecule has 0 spiro atoms. The molecule has 3 N–H and O–H groups in total. The molecule has 1 heterocycles. The number of rotatable bonds is 6. The van der Waals surface area contributed by atoms with Crippen LogP contribution in [0.25, 0.3) is 0 Å². The van der Waals surface area contributed by atoms with E-state index in [1.165, 1.54) is 5.56 Å². The summed E-state index contributed by atoms with van der Waals surface area (Å²) in [5, 5.41) is 3.57. The Kier molecular flexibility index (Phi) is 5.11. The first-order valence-corrected chi connectivity index (χ1v) is 6.49. The highest BCUT2D eigenvalue weighted by molar-refractivity contribution is 5.32. The third-order valence-corrected chi connectivity index (χ3v) is 3.74. The van der Waals surface area contributed by atoms with Crippen molar-refractivity contribution in [2.24, 2.45) is 0 Å². The second-order valence-corrected chi connectivity index (χ2v) is 5.45. The van der Waals surface area contributed by atoms with Gasteiger partial charge in [-0.05, 0) is 58.6 Å². The minimum Gasteiger partial charge on any atom is -0.384 e. The third-order valence-electron chi connectivity index (χ3n) is 3.74. The Labute approximate surface area is 111 Å². The molecule has 1 atom stereocenters. The van der Waals surface area contributed by atoms with E-state index in [4.69, 9.17) is 5.73 Å². The molecule has 0 aliphatic carbocycles. The molecule has 0 radical (unpaired) electrons. The largest absolute Gasteiger partial charge is 0.384 e. The summed E-state index contributed by atoms with van der Waals surface area (Å²) in [4.78, 5) is 6.29. The molecule has 0 amide bonds. The van der Waals surface area contributed by atoms with Crippen LogP contribution in [0, 0.1) is 0 Å². The Morgan fingerprint density at radius 2 is 2.11 bits per heavy atom. The van der Waals surface area contributed by atoms with Crippen LogP contribution in [0.15, 0.2) is 18.3 Å². The zero-order valence-corrected chi connectivity index (χ0v) is 12.2. The van der Waals surface area contributed by atoms with Crippen molar-refractivity contribution >= 4 is 5.82 Å². The fourth-order valence-corrected chi connectivity index (χ4v) is 1.99. The van der Waals surface area contributed by atoms with Crippen LogP contribution in [0.5, 0.6) is 0 Å². The summed E-state index contributed by atoms with van der Waals surface area (Å²) in [6.45, 7) is 7.61. The van der Waals surface area contributed by atoms with Crippen LogP contribution in [-0.2, 0) is 6.42 Å². The van der Waals surface area contributed by atoms with E-state index >= 15 is 0 Å². The van der Waals surface area contributed by atoms with E-state index in [1.807, 2.05) is 12.1 Å². The lowest BCUT2D eigenvalue weighted by Gasteiger charge is -2.40. The normalized spacial score (nSPS) is 13.9. The van der Waals surface area contributed by atoms with E-state index in [9.17, 15) is 0 Å². The van der Waals surface area contributed by atoms with E-state index < -0.39 is 0 Å². The van der Waals surface area contributed by atoms with E-state index in [0.29, 0.717) is 11.9 Å². The van der Waals surface area contributed by atoms with Crippen molar-refractivity contribution in [3.05, 3.63) is 23.9 Å². The molecule has 4 heteroatoms. The van der Waals surface area contributed by atoms with E-state index in [1.54, 1.807) is 6.20 Å². The van der Waals surface area contributed by atoms with Crippen LogP contribution in [-0.4, -0.2) is 42.1 Å². The Morgan fingerprint density at radius 1 is 1.44 bits per heavy atom. The molecule has 1 rings (SSSR count). The van der Waals surface area contributed by atoms with Gasteiger partial charge in [0.15, 0.2) is 0 Å². The molecule has 0 fully saturated rings. The van der Waals surface area contributed by atoms with Gasteiger partial charge in [0.2, 0.25) is 0 Å². The Bertz CT molecular complexity index is 374. The molecule has 0 aromatic carbocycles. The monoisotopic (exact) mass is 250 g/mol. The third kappa shape index (κ3) is 3.68. The lowest BCUT2D eigenvalue weighted by Crippen LogP contribution is -2.56. The minimum atomic E-state index is 0.0774. The first-order chi connectivity index (χ1) is 8.37. The van der Waals surface area contributed by atoms with Crippen LogP contribution in [0.4, 0.5) is 5.82 Å². The van der Waals surface area contributed by atoms with Gasteiger partial charge in [-0.15, -0.1) is 0 Å². The van der Waals surface area contributed by atoms with Crippen LogP contribution in [0.3, 0.4) is 0 Å². The van der Waals surface area contributed by atoms with Crippen molar-refractivity contribution in [2.45, 2.75) is 38.8 Å². The Hall–Kier alpha value is -1.13. The highest BCUT2D eigenvalue weighted by atomic mass is 15.2. The number of aromatic nitrogens is 1. The molecule has 0 bridgehead atoms. The summed E-state index contributed by atoms with van der Waals surface area (Å²) in [5.74, 6) is 0.588. The van der Waals surface area contributed by atoms with Crippen LogP contribution in [0.1, 0.15) is 26.3 Å². The lowest BCUT2D eigenvalue weighted by atomic mass is 9.88. The van der Waals surface area contributed by atoms with Gasteiger partial charge >= 0.3 is 0 Å². The first kappa shape index (κ1) is 14.9. The van der Waals surface area contributed by atoms with E-state index in [-0.39, 0.29) is 5.54 Å². The van der Waals surface area contributed by atoms with E-state index in [2.05, 4.69) is 50.1 Å². The fraction of sp³-hybridized carbons (Fsp3) is 0.643. The highest BCUT2D eigenvalue weighted by Crippen LogP contribution is 2.20. The molecule has 0 saturated heterocycles. The number of nitrogens with two attached hydrogens (primary N) is 1. The van der Waals surface area contributed by atoms with Gasteiger partial charge < -0.3 is 16.0 Å². The smallest absolute Gasteiger partial charge is 0.123 e. The molecule has 4 nitrogen and oxygen atoms in total. The number of nitrogens with one attached hydrogen (secondary N) is 1. The molecule has 0 aliphatic rings. The second kappa shape index (κ2) is 6.16. The van der Waals surface area contributed by atoms with Crippen molar-refractivity contribution in [3.63, 3.8) is 0 Å². The maximum atomic E-state index is 5.74. The number of nitrogen functional groups attached to an aromatic ring is 1. The predicted molar refractivity (Wildman–Crippen MR) is 77.6 cm³/mol. The zero-order chi connectivity index (χ0) is 13.8. The number of likely N-dealkylation sites (N-methyl/N-ethyl adjacent to an activating group) is 2. The Morgan fingerprint density at radius 3 is 2.61 bits per heavy atom. The topological polar surface area (TPSA) is 54.2 Å². The molecule has 1 aromatic heterocycles. The van der Waals surface area contributed by atoms with Crippen LogP contribution < -0.4 is 11.1 Å². The number of anilines is 1. The van der Waals surface area contributed by atoms with Crippen LogP contribution in [0.2, 0.25) is 0 Å². The summed E-state index contributed by atoms with van der Waals surface area (Å²) in [5.41, 5.74) is 7.04. The maximum absolute atomic E-state index is 5.74. The molecule has 1 unspecified atom stereocenters. The average molecular weight is 250 g/mol. The van der Waals surface area contributed by atoms with Gasteiger partial charge in [-0.2, -0.15) is 0 Å². The van der Waals surface area contributed by atoms with Crippen molar-refractivity contribution in [1.82, 2.24) is 15.2 Å². The molecule has 102 valence electrons. The van der Waals surface area contributed by atoms with Crippen molar-refractivity contribution in [1.29, 1.82) is 0 Å². The first-order valence-electron chi connectivity index (χ1n) is 6.49. The van der Waals surface area contributed by atoms with Gasteiger partial charge in [0.25, 0.3) is 0 Å². The van der Waals surface area contributed by atoms with Gasteiger partial charge in [-0.3, -0.25) is 0 Å². The van der Waals surface area contributed by atoms with Gasteiger partial charge in [0.1, 0.15) is 5.82 Å². The minimum absolute atomic E-state index is 0.0774. The number of pyridine rings is 1. The van der Waals surface area contributed by atoms with Crippen molar-refractivity contribution in [3.8, 4) is 0 Å². The summed E-state index contributed by atoms with van der Waals surface area (Å²) in [6, 6.07) is 4.36. The summed E-state index contributed by atoms with van der Waals surface area (Å²) in [7, 11) is 4.23. The van der Waals surface area contributed by atoms with Crippen molar-refractivity contribution in [2.75, 3.05) is 26.4 Å². The summed E-state index contributed by atoms with van der Waals surface area (Å²) in [6.07, 6.45) is 2.72. The molecule has 0 saturated carbocycles. The molecule has 0 aliphatic heterocycles. The van der Waals surface area contributed by atoms with Crippen LogP contribution >= 0.6 is 0 Å². The number of hydrogen-bond acceptors (Lipinski definition) is 4. The molecular weight excluding hydrogens is 224 g/mol. The SMILES string of the molecule is CCNC(Cc1ccnc(N)c1)C(C)(C)N(C)C. The average Bonchev–Trinajstić information content (AvgIpc) is 2.28. The van der Waals surface area contributed by atoms with Gasteiger partial charge in [0, 0.05) is 17.8 Å². The Balaban J connectivity index is 2.87. The number of nitrogens with zero attached hydrogens (tertiary/aromatic N) is 2. The highest BCUT2D eigenvalue weighted by Gasteiger charge is 2.30. The second-order valence-electron chi connectivity index (χ2n) is 5.45. The molecule has 18 heavy (non-hydrogen) atoms. The maximum Gasteiger partial charge on any atom is 0.123 e. The standard InChI is InChI=1S/C14H26N4/c1-6-16-12(14(2,3)18(4)5)9-11-7-8-17-13(15)10-11/h7-8,10,12,16H,6,9H2,1-5H3,(H2,15,17). The summed E-state index contributed by atoms with van der Waals surface area (Å²) < 4.78 is 0. The van der Waals surface area contributed by atoms with Crippen molar-refractivity contribution < 1.29 is 0 Å². The zero-order valence-electron chi connectivity index (χ0n) is 12.2. The van der Waals surface area contributed by atoms with Gasteiger partial charge in [-0.1, -0.05) is 6.92 Å². The molecule has 1 aromatic rings. The summed E-state index contributed by atoms with van der Waals surface area (Å²) >= 11 is 0. The fourth-order valence-electron chi connectivity index (χ4n) is 1.99. The lowest BCUT2D eigenvalue weighted by molar-refractivity contribution is 0.138. The molecular formula is C14H26N4.